The Morgan fingerprint density at radius 2 is 1.86 bits per heavy atom. The standard InChI is InChI=1S/C17H15NO3/c1-21-16-9-5-2-6-12(16)10-18-11-14(17(19)20)13-7-3-4-8-15(13)18/h2-9,11H,10H2,1H3,(H,19,20). The number of para-hydroxylation sites is 2. The van der Waals surface area contributed by atoms with Crippen molar-refractivity contribution in [3.05, 3.63) is 65.9 Å². The number of benzene rings is 2. The number of fused-ring (bicyclic) bond motifs is 1. The van der Waals surface area contributed by atoms with E-state index in [1.54, 1.807) is 13.3 Å². The number of hydrogen-bond donors (Lipinski definition) is 1. The molecule has 4 heteroatoms. The van der Waals surface area contributed by atoms with Gasteiger partial charge in [-0.15, -0.1) is 0 Å². The van der Waals surface area contributed by atoms with Crippen molar-refractivity contribution < 1.29 is 14.6 Å². The smallest absolute Gasteiger partial charge is 0.337 e. The lowest BCUT2D eigenvalue weighted by Gasteiger charge is -2.10. The molecular formula is C17H15NO3. The van der Waals surface area contributed by atoms with Gasteiger partial charge in [-0.1, -0.05) is 36.4 Å². The van der Waals surface area contributed by atoms with E-state index in [2.05, 4.69) is 0 Å². The van der Waals surface area contributed by atoms with Gasteiger partial charge in [0, 0.05) is 22.7 Å². The van der Waals surface area contributed by atoms with Crippen molar-refractivity contribution in [1.82, 2.24) is 4.57 Å². The molecule has 21 heavy (non-hydrogen) atoms. The summed E-state index contributed by atoms with van der Waals surface area (Å²) in [7, 11) is 1.63. The van der Waals surface area contributed by atoms with E-state index in [1.807, 2.05) is 53.1 Å². The van der Waals surface area contributed by atoms with E-state index in [-0.39, 0.29) is 0 Å². The molecule has 0 aliphatic rings. The summed E-state index contributed by atoms with van der Waals surface area (Å²) < 4.78 is 7.30. The van der Waals surface area contributed by atoms with Crippen molar-refractivity contribution in [2.45, 2.75) is 6.54 Å². The molecule has 0 atom stereocenters. The van der Waals surface area contributed by atoms with E-state index in [0.717, 1.165) is 22.2 Å². The van der Waals surface area contributed by atoms with Crippen LogP contribution in [-0.4, -0.2) is 22.8 Å². The quantitative estimate of drug-likeness (QED) is 0.797. The molecule has 0 fully saturated rings. The van der Waals surface area contributed by atoms with E-state index in [1.165, 1.54) is 0 Å². The lowest BCUT2D eigenvalue weighted by atomic mass is 10.2. The first-order chi connectivity index (χ1) is 10.2. The van der Waals surface area contributed by atoms with Crippen LogP contribution in [0.3, 0.4) is 0 Å². The highest BCUT2D eigenvalue weighted by molar-refractivity contribution is 6.03. The lowest BCUT2D eigenvalue weighted by Crippen LogP contribution is -2.01. The van der Waals surface area contributed by atoms with Crippen molar-refractivity contribution in [1.29, 1.82) is 0 Å². The molecule has 0 unspecified atom stereocenters. The highest BCUT2D eigenvalue weighted by Crippen LogP contribution is 2.25. The zero-order valence-electron chi connectivity index (χ0n) is 11.6. The molecule has 2 aromatic carbocycles. The Morgan fingerprint density at radius 3 is 2.62 bits per heavy atom. The van der Waals surface area contributed by atoms with Crippen LogP contribution in [0, 0.1) is 0 Å². The number of aromatic nitrogens is 1. The molecule has 0 amide bonds. The summed E-state index contributed by atoms with van der Waals surface area (Å²) >= 11 is 0. The topological polar surface area (TPSA) is 51.5 Å². The number of carbonyl (C=O) groups is 1. The van der Waals surface area contributed by atoms with Crippen LogP contribution >= 0.6 is 0 Å². The molecule has 106 valence electrons. The molecule has 1 aromatic heterocycles. The maximum absolute atomic E-state index is 11.4. The van der Waals surface area contributed by atoms with Gasteiger partial charge in [-0.25, -0.2) is 4.79 Å². The van der Waals surface area contributed by atoms with Crippen LogP contribution in [0.2, 0.25) is 0 Å². The third kappa shape index (κ3) is 2.36. The Hall–Kier alpha value is -2.75. The van der Waals surface area contributed by atoms with Gasteiger partial charge in [0.2, 0.25) is 0 Å². The van der Waals surface area contributed by atoms with Crippen molar-refractivity contribution in [3.8, 4) is 5.75 Å². The maximum atomic E-state index is 11.4. The lowest BCUT2D eigenvalue weighted by molar-refractivity contribution is 0.0699. The number of methoxy groups -OCH3 is 1. The van der Waals surface area contributed by atoms with Gasteiger partial charge in [0.05, 0.1) is 19.2 Å². The molecule has 0 bridgehead atoms. The van der Waals surface area contributed by atoms with Crippen molar-refractivity contribution in [3.63, 3.8) is 0 Å². The molecule has 3 aromatic rings. The summed E-state index contributed by atoms with van der Waals surface area (Å²) in [5.74, 6) is -0.114. The second kappa shape index (κ2) is 5.32. The maximum Gasteiger partial charge on any atom is 0.337 e. The number of ether oxygens (including phenoxy) is 1. The summed E-state index contributed by atoms with van der Waals surface area (Å²) in [6.07, 6.45) is 1.68. The highest BCUT2D eigenvalue weighted by Gasteiger charge is 2.14. The minimum Gasteiger partial charge on any atom is -0.496 e. The first kappa shape index (κ1) is 13.2. The Bertz CT molecular complexity index is 805. The van der Waals surface area contributed by atoms with Crippen LogP contribution in [-0.2, 0) is 6.54 Å². The molecule has 1 N–H and O–H groups in total. The van der Waals surface area contributed by atoms with Gasteiger partial charge in [-0.3, -0.25) is 0 Å². The predicted octanol–water partition coefficient (Wildman–Crippen LogP) is 3.40. The van der Waals surface area contributed by atoms with Crippen LogP contribution in [0.25, 0.3) is 10.9 Å². The molecule has 0 spiro atoms. The third-order valence-corrected chi connectivity index (χ3v) is 3.55. The largest absolute Gasteiger partial charge is 0.496 e. The van der Waals surface area contributed by atoms with E-state index in [9.17, 15) is 9.90 Å². The molecule has 0 radical (unpaired) electrons. The van der Waals surface area contributed by atoms with Gasteiger partial charge in [0.15, 0.2) is 0 Å². The number of hydrogen-bond acceptors (Lipinski definition) is 2. The Balaban J connectivity index is 2.11. The molecule has 0 saturated carbocycles. The number of rotatable bonds is 4. The molecule has 0 aliphatic heterocycles. The fourth-order valence-electron chi connectivity index (χ4n) is 2.57. The van der Waals surface area contributed by atoms with Gasteiger partial charge in [-0.2, -0.15) is 0 Å². The zero-order valence-corrected chi connectivity index (χ0v) is 11.6. The van der Waals surface area contributed by atoms with Crippen LogP contribution in [0.5, 0.6) is 5.75 Å². The summed E-state index contributed by atoms with van der Waals surface area (Å²) in [6.45, 7) is 0.567. The third-order valence-electron chi connectivity index (χ3n) is 3.55. The molecular weight excluding hydrogens is 266 g/mol. The SMILES string of the molecule is COc1ccccc1Cn1cc(C(=O)O)c2ccccc21. The molecule has 1 heterocycles. The highest BCUT2D eigenvalue weighted by atomic mass is 16.5. The summed E-state index contributed by atoms with van der Waals surface area (Å²) in [5.41, 5.74) is 2.24. The molecule has 0 saturated heterocycles. The predicted molar refractivity (Wildman–Crippen MR) is 81.0 cm³/mol. The number of aromatic carboxylic acids is 1. The van der Waals surface area contributed by atoms with Gasteiger partial charge in [0.1, 0.15) is 5.75 Å². The minimum absolute atomic E-state index is 0.320. The van der Waals surface area contributed by atoms with Crippen molar-refractivity contribution in [2.24, 2.45) is 0 Å². The second-order valence-electron chi connectivity index (χ2n) is 4.80. The van der Waals surface area contributed by atoms with Crippen LogP contribution < -0.4 is 4.74 Å². The van der Waals surface area contributed by atoms with E-state index >= 15 is 0 Å². The first-order valence-corrected chi connectivity index (χ1v) is 6.64. The molecule has 3 rings (SSSR count). The number of carboxylic acids is 1. The normalized spacial score (nSPS) is 10.7. The number of nitrogens with zero attached hydrogens (tertiary/aromatic N) is 1. The van der Waals surface area contributed by atoms with E-state index < -0.39 is 5.97 Å². The van der Waals surface area contributed by atoms with Crippen molar-refractivity contribution in [2.75, 3.05) is 7.11 Å². The fraction of sp³-hybridized carbons (Fsp3) is 0.118. The second-order valence-corrected chi connectivity index (χ2v) is 4.80. The van der Waals surface area contributed by atoms with Gasteiger partial charge < -0.3 is 14.4 Å². The molecule has 4 nitrogen and oxygen atoms in total. The average Bonchev–Trinajstić information content (AvgIpc) is 2.87. The van der Waals surface area contributed by atoms with Gasteiger partial charge >= 0.3 is 5.97 Å². The van der Waals surface area contributed by atoms with E-state index in [4.69, 9.17) is 4.74 Å². The Morgan fingerprint density at radius 1 is 1.14 bits per heavy atom. The summed E-state index contributed by atoms with van der Waals surface area (Å²) in [6, 6.07) is 15.3. The van der Waals surface area contributed by atoms with Crippen LogP contribution in [0.1, 0.15) is 15.9 Å². The summed E-state index contributed by atoms with van der Waals surface area (Å²) in [4.78, 5) is 11.4. The Kier molecular flexibility index (Phi) is 3.36. The first-order valence-electron chi connectivity index (χ1n) is 6.64. The van der Waals surface area contributed by atoms with Gasteiger partial charge in [-0.05, 0) is 12.1 Å². The Labute approximate surface area is 122 Å². The van der Waals surface area contributed by atoms with Crippen molar-refractivity contribution >= 4 is 16.9 Å². The number of carboxylic acid groups (broad SMARTS) is 1. The van der Waals surface area contributed by atoms with Crippen LogP contribution in [0.4, 0.5) is 0 Å². The molecule has 0 aliphatic carbocycles. The van der Waals surface area contributed by atoms with Gasteiger partial charge in [0.25, 0.3) is 0 Å². The average molecular weight is 281 g/mol. The minimum atomic E-state index is -0.912. The van der Waals surface area contributed by atoms with Crippen LogP contribution in [0.15, 0.2) is 54.7 Å². The monoisotopic (exact) mass is 281 g/mol. The fourth-order valence-corrected chi connectivity index (χ4v) is 2.57. The summed E-state index contributed by atoms with van der Waals surface area (Å²) in [5, 5.41) is 10.1. The zero-order chi connectivity index (χ0) is 14.8. The van der Waals surface area contributed by atoms with E-state index in [0.29, 0.717) is 12.1 Å².